The Morgan fingerprint density at radius 1 is 1.57 bits per heavy atom. The second-order valence-electron chi connectivity index (χ2n) is 2.63. The van der Waals surface area contributed by atoms with Gasteiger partial charge in [-0.05, 0) is 13.2 Å². The van der Waals surface area contributed by atoms with Crippen LogP contribution in [0.5, 0.6) is 0 Å². The van der Waals surface area contributed by atoms with Gasteiger partial charge >= 0.3 is 5.69 Å². The van der Waals surface area contributed by atoms with Crippen molar-refractivity contribution in [2.75, 3.05) is 13.3 Å². The lowest BCUT2D eigenvalue weighted by atomic mass is 10.2. The van der Waals surface area contributed by atoms with Gasteiger partial charge in [0, 0.05) is 12.7 Å². The maximum absolute atomic E-state index is 11.4. The van der Waals surface area contributed by atoms with E-state index in [2.05, 4.69) is 15.3 Å². The molecule has 1 aromatic heterocycles. The molecule has 76 valence electrons. The van der Waals surface area contributed by atoms with Gasteiger partial charge in [-0.3, -0.25) is 4.79 Å². The van der Waals surface area contributed by atoms with Crippen LogP contribution >= 0.6 is 11.8 Å². The number of H-pyrrole nitrogens is 1. The smallest absolute Gasteiger partial charge is 0.346 e. The highest BCUT2D eigenvalue weighted by Crippen LogP contribution is 2.17. The van der Waals surface area contributed by atoms with E-state index in [0.29, 0.717) is 16.3 Å². The fraction of sp³-hybridized carbons (Fsp3) is 0.375. The van der Waals surface area contributed by atoms with Crippen molar-refractivity contribution in [2.24, 2.45) is 0 Å². The topological polar surface area (TPSA) is 74.8 Å². The number of aromatic nitrogens is 2. The Morgan fingerprint density at radius 3 is 2.71 bits per heavy atom. The number of hydrogen-bond acceptors (Lipinski definition) is 4. The van der Waals surface area contributed by atoms with Gasteiger partial charge in [-0.2, -0.15) is 4.98 Å². The molecule has 0 aromatic carbocycles. The van der Waals surface area contributed by atoms with Crippen LogP contribution in [0.4, 0.5) is 0 Å². The van der Waals surface area contributed by atoms with E-state index >= 15 is 0 Å². The summed E-state index contributed by atoms with van der Waals surface area (Å²) in [5, 5.41) is 2.95. The minimum atomic E-state index is -0.431. The lowest BCUT2D eigenvalue weighted by Crippen LogP contribution is -2.24. The molecule has 0 aliphatic heterocycles. The van der Waals surface area contributed by atoms with Gasteiger partial charge in [-0.1, -0.05) is 0 Å². The average molecular weight is 213 g/mol. The van der Waals surface area contributed by atoms with Crippen molar-refractivity contribution in [2.45, 2.75) is 11.9 Å². The number of amides is 1. The number of aryl methyl sites for hydroxylation is 1. The highest BCUT2D eigenvalue weighted by Gasteiger charge is 2.15. The lowest BCUT2D eigenvalue weighted by Gasteiger charge is -2.06. The Balaban J connectivity index is 3.39. The number of rotatable bonds is 2. The van der Waals surface area contributed by atoms with Crippen molar-refractivity contribution in [3.8, 4) is 0 Å². The van der Waals surface area contributed by atoms with Crippen molar-refractivity contribution in [3.63, 3.8) is 0 Å². The number of aromatic amines is 1. The van der Waals surface area contributed by atoms with Gasteiger partial charge in [-0.15, -0.1) is 11.8 Å². The van der Waals surface area contributed by atoms with Crippen LogP contribution in [-0.2, 0) is 0 Å². The van der Waals surface area contributed by atoms with Crippen molar-refractivity contribution in [1.82, 2.24) is 15.3 Å². The first kappa shape index (κ1) is 10.8. The summed E-state index contributed by atoms with van der Waals surface area (Å²) in [7, 11) is 1.54. The SMILES string of the molecule is CNC(=O)c1c(SC)nc(=O)[nH]c1C. The number of hydrogen-bond donors (Lipinski definition) is 2. The van der Waals surface area contributed by atoms with Gasteiger partial charge in [0.2, 0.25) is 0 Å². The van der Waals surface area contributed by atoms with Crippen molar-refractivity contribution >= 4 is 17.7 Å². The largest absolute Gasteiger partial charge is 0.355 e. The minimum Gasteiger partial charge on any atom is -0.355 e. The van der Waals surface area contributed by atoms with Crippen LogP contribution in [0.15, 0.2) is 9.82 Å². The van der Waals surface area contributed by atoms with Crippen LogP contribution in [0, 0.1) is 6.92 Å². The molecule has 5 nitrogen and oxygen atoms in total. The first-order valence-electron chi connectivity index (χ1n) is 3.97. The predicted molar refractivity (Wildman–Crippen MR) is 54.8 cm³/mol. The lowest BCUT2D eigenvalue weighted by molar-refractivity contribution is 0.0958. The first-order valence-corrected chi connectivity index (χ1v) is 5.19. The number of thioether (sulfide) groups is 1. The molecule has 0 aliphatic rings. The molecule has 1 aromatic rings. The monoisotopic (exact) mass is 213 g/mol. The van der Waals surface area contributed by atoms with Gasteiger partial charge in [0.05, 0.1) is 5.56 Å². The highest BCUT2D eigenvalue weighted by atomic mass is 32.2. The standard InChI is InChI=1S/C8H11N3O2S/c1-4-5(6(12)9-2)7(14-3)11-8(13)10-4/h1-3H3,(H,9,12)(H,10,11,13). The molecule has 1 amide bonds. The number of carbonyl (C=O) groups is 1. The van der Waals surface area contributed by atoms with E-state index in [9.17, 15) is 9.59 Å². The fourth-order valence-electron chi connectivity index (χ4n) is 1.10. The summed E-state index contributed by atoms with van der Waals surface area (Å²) in [5.41, 5.74) is 0.535. The second kappa shape index (κ2) is 4.28. The molecular weight excluding hydrogens is 202 g/mol. The summed E-state index contributed by atoms with van der Waals surface area (Å²) < 4.78 is 0. The van der Waals surface area contributed by atoms with E-state index in [1.165, 1.54) is 18.8 Å². The molecular formula is C8H11N3O2S. The molecule has 1 rings (SSSR count). The van der Waals surface area contributed by atoms with Crippen LogP contribution in [0.2, 0.25) is 0 Å². The predicted octanol–water partition coefficient (Wildman–Crippen LogP) is 0.160. The molecule has 2 N–H and O–H groups in total. The van der Waals surface area contributed by atoms with Crippen LogP contribution < -0.4 is 11.0 Å². The van der Waals surface area contributed by atoms with E-state index < -0.39 is 5.69 Å². The first-order chi connectivity index (χ1) is 6.60. The summed E-state index contributed by atoms with van der Waals surface area (Å²) >= 11 is 1.28. The molecule has 0 fully saturated rings. The summed E-state index contributed by atoms with van der Waals surface area (Å²) in [6.45, 7) is 1.67. The zero-order chi connectivity index (χ0) is 10.7. The van der Waals surface area contributed by atoms with Gasteiger partial charge in [0.25, 0.3) is 5.91 Å². The Kier molecular flexibility index (Phi) is 3.29. The summed E-state index contributed by atoms with van der Waals surface area (Å²) in [6.07, 6.45) is 1.77. The van der Waals surface area contributed by atoms with Crippen molar-refractivity contribution < 1.29 is 4.79 Å². The Labute approximate surface area is 85.3 Å². The van der Waals surface area contributed by atoms with Gasteiger partial charge in [0.15, 0.2) is 0 Å². The molecule has 1 heterocycles. The Morgan fingerprint density at radius 2 is 2.21 bits per heavy atom. The molecule has 0 saturated heterocycles. The molecule has 0 unspecified atom stereocenters. The van der Waals surface area contributed by atoms with E-state index in [1.54, 1.807) is 13.2 Å². The molecule has 0 spiro atoms. The number of nitrogens with one attached hydrogen (secondary N) is 2. The minimum absolute atomic E-state index is 0.240. The van der Waals surface area contributed by atoms with E-state index in [1.807, 2.05) is 0 Å². The third-order valence-electron chi connectivity index (χ3n) is 1.73. The van der Waals surface area contributed by atoms with Crippen molar-refractivity contribution in [1.29, 1.82) is 0 Å². The summed E-state index contributed by atoms with van der Waals surface area (Å²) in [4.78, 5) is 28.7. The molecule has 0 aliphatic carbocycles. The van der Waals surface area contributed by atoms with Crippen molar-refractivity contribution in [3.05, 3.63) is 21.7 Å². The summed E-state index contributed by atoms with van der Waals surface area (Å²) in [5.74, 6) is -0.240. The van der Waals surface area contributed by atoms with E-state index in [4.69, 9.17) is 0 Å². The molecule has 14 heavy (non-hydrogen) atoms. The van der Waals surface area contributed by atoms with Crippen LogP contribution in [-0.4, -0.2) is 29.2 Å². The second-order valence-corrected chi connectivity index (χ2v) is 3.43. The maximum atomic E-state index is 11.4. The third-order valence-corrected chi connectivity index (χ3v) is 2.42. The normalized spacial score (nSPS) is 9.93. The number of nitrogens with zero attached hydrogens (tertiary/aromatic N) is 1. The van der Waals surface area contributed by atoms with Crippen LogP contribution in [0.3, 0.4) is 0 Å². The van der Waals surface area contributed by atoms with Crippen LogP contribution in [0.1, 0.15) is 16.1 Å². The molecule has 0 radical (unpaired) electrons. The zero-order valence-electron chi connectivity index (χ0n) is 8.17. The van der Waals surface area contributed by atoms with E-state index in [0.717, 1.165) is 0 Å². The third kappa shape index (κ3) is 1.95. The van der Waals surface area contributed by atoms with Gasteiger partial charge < -0.3 is 10.3 Å². The maximum Gasteiger partial charge on any atom is 0.346 e. The zero-order valence-corrected chi connectivity index (χ0v) is 8.99. The van der Waals surface area contributed by atoms with E-state index in [-0.39, 0.29) is 5.91 Å². The van der Waals surface area contributed by atoms with Gasteiger partial charge in [-0.25, -0.2) is 4.79 Å². The quantitative estimate of drug-likeness (QED) is 0.542. The number of carbonyl (C=O) groups excluding carboxylic acids is 1. The molecule has 6 heteroatoms. The average Bonchev–Trinajstić information content (AvgIpc) is 2.15. The fourth-order valence-corrected chi connectivity index (χ4v) is 1.72. The molecule has 0 atom stereocenters. The van der Waals surface area contributed by atoms with Crippen LogP contribution in [0.25, 0.3) is 0 Å². The summed E-state index contributed by atoms with van der Waals surface area (Å²) in [6, 6.07) is 0. The van der Waals surface area contributed by atoms with Gasteiger partial charge in [0.1, 0.15) is 5.03 Å². The Hall–Kier alpha value is -1.30. The Bertz CT molecular complexity index is 414. The highest BCUT2D eigenvalue weighted by molar-refractivity contribution is 7.98. The molecule has 0 bridgehead atoms. The molecule has 0 saturated carbocycles.